The first kappa shape index (κ1) is 13.6. The maximum atomic E-state index is 12.3. The number of nitrogens with zero attached hydrogens (tertiary/aromatic N) is 1. The van der Waals surface area contributed by atoms with Crippen LogP contribution in [0.25, 0.3) is 10.8 Å². The Morgan fingerprint density at radius 3 is 2.71 bits per heavy atom. The van der Waals surface area contributed by atoms with Gasteiger partial charge in [0.2, 0.25) is 5.91 Å². The molecular formula is C17H17N3O. The van der Waals surface area contributed by atoms with Gasteiger partial charge in [-0.3, -0.25) is 4.79 Å². The van der Waals surface area contributed by atoms with Gasteiger partial charge in [-0.05, 0) is 31.0 Å². The van der Waals surface area contributed by atoms with E-state index in [1.165, 1.54) is 0 Å². The van der Waals surface area contributed by atoms with Crippen LogP contribution in [0.5, 0.6) is 0 Å². The maximum absolute atomic E-state index is 12.3. The molecule has 2 aromatic carbocycles. The quantitative estimate of drug-likeness (QED) is 0.888. The molecule has 1 aliphatic heterocycles. The Bertz CT molecular complexity index is 732. The van der Waals surface area contributed by atoms with E-state index in [0.717, 1.165) is 29.4 Å². The van der Waals surface area contributed by atoms with E-state index in [0.29, 0.717) is 11.5 Å². The largest absolute Gasteiger partial charge is 0.324 e. The number of carbonyl (C=O) groups excluding carboxylic acids is 1. The predicted molar refractivity (Wildman–Crippen MR) is 82.9 cm³/mol. The smallest absolute Gasteiger partial charge is 0.241 e. The molecule has 21 heavy (non-hydrogen) atoms. The van der Waals surface area contributed by atoms with Gasteiger partial charge in [0.1, 0.15) is 0 Å². The Morgan fingerprint density at radius 1 is 1.29 bits per heavy atom. The molecule has 2 N–H and O–H groups in total. The highest BCUT2D eigenvalue weighted by atomic mass is 16.2. The summed E-state index contributed by atoms with van der Waals surface area (Å²) in [5, 5.41) is 17.1. The molecular weight excluding hydrogens is 262 g/mol. The van der Waals surface area contributed by atoms with Crippen LogP contribution in [0, 0.1) is 17.2 Å². The molecule has 0 aliphatic carbocycles. The van der Waals surface area contributed by atoms with Crippen molar-refractivity contribution in [2.75, 3.05) is 11.9 Å². The van der Waals surface area contributed by atoms with Crippen LogP contribution >= 0.6 is 0 Å². The Morgan fingerprint density at radius 2 is 2.05 bits per heavy atom. The maximum Gasteiger partial charge on any atom is 0.241 e. The molecule has 106 valence electrons. The van der Waals surface area contributed by atoms with Crippen LogP contribution in [0.1, 0.15) is 18.9 Å². The number of hydrogen-bond donors (Lipinski definition) is 2. The SMILES string of the molecule is C[C@H]1CN[C@H](C(=O)Nc2ccc(C#N)c3ccccc23)C1. The lowest BCUT2D eigenvalue weighted by molar-refractivity contribution is -0.117. The van der Waals surface area contributed by atoms with E-state index >= 15 is 0 Å². The van der Waals surface area contributed by atoms with Gasteiger partial charge in [0.25, 0.3) is 0 Å². The third-order valence-electron chi connectivity index (χ3n) is 3.97. The molecule has 0 spiro atoms. The van der Waals surface area contributed by atoms with Crippen molar-refractivity contribution in [2.24, 2.45) is 5.92 Å². The van der Waals surface area contributed by atoms with Crippen LogP contribution < -0.4 is 10.6 Å². The number of nitriles is 1. The van der Waals surface area contributed by atoms with Crippen LogP contribution in [0.3, 0.4) is 0 Å². The average molecular weight is 279 g/mol. The Kier molecular flexibility index (Phi) is 3.59. The van der Waals surface area contributed by atoms with Gasteiger partial charge in [0, 0.05) is 16.5 Å². The fraction of sp³-hybridized carbons (Fsp3) is 0.294. The van der Waals surface area contributed by atoms with Crippen molar-refractivity contribution in [3.05, 3.63) is 42.0 Å². The molecule has 0 bridgehead atoms. The van der Waals surface area contributed by atoms with Gasteiger partial charge in [-0.2, -0.15) is 5.26 Å². The number of hydrogen-bond acceptors (Lipinski definition) is 3. The zero-order valence-corrected chi connectivity index (χ0v) is 11.9. The van der Waals surface area contributed by atoms with Gasteiger partial charge in [-0.25, -0.2) is 0 Å². The van der Waals surface area contributed by atoms with E-state index in [2.05, 4.69) is 23.6 Å². The molecule has 1 amide bonds. The first-order valence-electron chi connectivity index (χ1n) is 7.15. The number of rotatable bonds is 2. The molecule has 0 saturated carbocycles. The molecule has 1 aliphatic rings. The van der Waals surface area contributed by atoms with Gasteiger partial charge < -0.3 is 10.6 Å². The summed E-state index contributed by atoms with van der Waals surface area (Å²) in [6.45, 7) is 3.02. The second-order valence-corrected chi connectivity index (χ2v) is 5.61. The van der Waals surface area contributed by atoms with Crippen molar-refractivity contribution in [3.8, 4) is 6.07 Å². The number of carbonyl (C=O) groups is 1. The zero-order valence-electron chi connectivity index (χ0n) is 11.9. The summed E-state index contributed by atoms with van der Waals surface area (Å²) in [6, 6.07) is 13.3. The van der Waals surface area contributed by atoms with Crippen LogP contribution in [-0.2, 0) is 4.79 Å². The topological polar surface area (TPSA) is 64.9 Å². The second kappa shape index (κ2) is 5.55. The minimum atomic E-state index is -0.130. The van der Waals surface area contributed by atoms with Crippen molar-refractivity contribution >= 4 is 22.4 Å². The molecule has 0 aromatic heterocycles. The molecule has 2 atom stereocenters. The number of nitrogens with one attached hydrogen (secondary N) is 2. The fourth-order valence-electron chi connectivity index (χ4n) is 2.84. The number of fused-ring (bicyclic) bond motifs is 1. The second-order valence-electron chi connectivity index (χ2n) is 5.61. The van der Waals surface area contributed by atoms with E-state index in [1.807, 2.05) is 24.3 Å². The lowest BCUT2D eigenvalue weighted by Crippen LogP contribution is -2.35. The van der Waals surface area contributed by atoms with Gasteiger partial charge in [-0.15, -0.1) is 0 Å². The lowest BCUT2D eigenvalue weighted by Gasteiger charge is -2.13. The van der Waals surface area contributed by atoms with Crippen molar-refractivity contribution in [1.82, 2.24) is 5.32 Å². The molecule has 0 radical (unpaired) electrons. The van der Waals surface area contributed by atoms with Crippen molar-refractivity contribution < 1.29 is 4.79 Å². The highest BCUT2D eigenvalue weighted by Gasteiger charge is 2.27. The van der Waals surface area contributed by atoms with Gasteiger partial charge in [0.15, 0.2) is 0 Å². The summed E-state index contributed by atoms with van der Waals surface area (Å²) in [5.41, 5.74) is 1.38. The third kappa shape index (κ3) is 2.61. The van der Waals surface area contributed by atoms with E-state index in [-0.39, 0.29) is 11.9 Å². The summed E-state index contributed by atoms with van der Waals surface area (Å²) in [5.74, 6) is 0.521. The summed E-state index contributed by atoms with van der Waals surface area (Å²) < 4.78 is 0. The minimum Gasteiger partial charge on any atom is -0.324 e. The van der Waals surface area contributed by atoms with Crippen molar-refractivity contribution in [2.45, 2.75) is 19.4 Å². The average Bonchev–Trinajstić information content (AvgIpc) is 2.94. The monoisotopic (exact) mass is 279 g/mol. The van der Waals surface area contributed by atoms with E-state index in [4.69, 9.17) is 5.26 Å². The van der Waals surface area contributed by atoms with Crippen molar-refractivity contribution in [1.29, 1.82) is 5.26 Å². The number of amides is 1. The summed E-state index contributed by atoms with van der Waals surface area (Å²) in [7, 11) is 0. The lowest BCUT2D eigenvalue weighted by atomic mass is 10.0. The predicted octanol–water partition coefficient (Wildman–Crippen LogP) is 2.65. The standard InChI is InChI=1S/C17H17N3O/c1-11-8-16(19-10-11)17(21)20-15-7-6-12(9-18)13-4-2-3-5-14(13)15/h2-7,11,16,19H,8,10H2,1H3,(H,20,21)/t11-,16+/m1/s1. The molecule has 0 unspecified atom stereocenters. The first-order valence-corrected chi connectivity index (χ1v) is 7.15. The normalized spacial score (nSPS) is 21.1. The zero-order chi connectivity index (χ0) is 14.8. The van der Waals surface area contributed by atoms with Gasteiger partial charge in [0.05, 0.1) is 17.7 Å². The van der Waals surface area contributed by atoms with Crippen LogP contribution in [0.15, 0.2) is 36.4 Å². The summed E-state index contributed by atoms with van der Waals surface area (Å²) in [4.78, 5) is 12.3. The molecule has 4 nitrogen and oxygen atoms in total. The molecule has 2 aromatic rings. The Hall–Kier alpha value is -2.38. The third-order valence-corrected chi connectivity index (χ3v) is 3.97. The molecule has 1 fully saturated rings. The molecule has 1 heterocycles. The minimum absolute atomic E-state index is 0.00536. The van der Waals surface area contributed by atoms with Gasteiger partial charge in [-0.1, -0.05) is 31.2 Å². The highest BCUT2D eigenvalue weighted by molar-refractivity contribution is 6.05. The highest BCUT2D eigenvalue weighted by Crippen LogP contribution is 2.27. The Balaban J connectivity index is 1.91. The molecule has 4 heteroatoms. The van der Waals surface area contributed by atoms with E-state index in [1.54, 1.807) is 12.1 Å². The van der Waals surface area contributed by atoms with Crippen molar-refractivity contribution in [3.63, 3.8) is 0 Å². The first-order chi connectivity index (χ1) is 10.2. The summed E-state index contributed by atoms with van der Waals surface area (Å²) >= 11 is 0. The summed E-state index contributed by atoms with van der Waals surface area (Å²) in [6.07, 6.45) is 0.861. The molecule has 3 rings (SSSR count). The van der Waals surface area contributed by atoms with Crippen LogP contribution in [0.4, 0.5) is 5.69 Å². The number of anilines is 1. The van der Waals surface area contributed by atoms with Crippen LogP contribution in [-0.4, -0.2) is 18.5 Å². The van der Waals surface area contributed by atoms with E-state index < -0.39 is 0 Å². The number of benzene rings is 2. The van der Waals surface area contributed by atoms with E-state index in [9.17, 15) is 4.79 Å². The molecule has 1 saturated heterocycles. The fourth-order valence-corrected chi connectivity index (χ4v) is 2.84. The Labute approximate surface area is 123 Å². The van der Waals surface area contributed by atoms with Crippen LogP contribution in [0.2, 0.25) is 0 Å². The van der Waals surface area contributed by atoms with Gasteiger partial charge >= 0.3 is 0 Å².